The Morgan fingerprint density at radius 2 is 1.68 bits per heavy atom. The predicted octanol–water partition coefficient (Wildman–Crippen LogP) is 4.38. The number of para-hydroxylation sites is 1. The van der Waals surface area contributed by atoms with Crippen LogP contribution >= 0.6 is 11.8 Å². The Balaban J connectivity index is 1.80. The smallest absolute Gasteiger partial charge is 0.257 e. The van der Waals surface area contributed by atoms with E-state index >= 15 is 0 Å². The number of carbonyl (C=O) groups excluding carboxylic acids is 2. The van der Waals surface area contributed by atoms with Crippen molar-refractivity contribution < 1.29 is 22.8 Å². The molecule has 148 valence electrons. The summed E-state index contributed by atoms with van der Waals surface area (Å²) in [7, 11) is 0. The number of anilines is 1. The van der Waals surface area contributed by atoms with E-state index in [-0.39, 0.29) is 28.9 Å². The Hall–Kier alpha value is -2.74. The fraction of sp³-hybridized carbons (Fsp3) is 0.200. The first kappa shape index (κ1) is 21.6. The van der Waals surface area contributed by atoms with Gasteiger partial charge >= 0.3 is 0 Å². The zero-order valence-corrected chi connectivity index (χ0v) is 15.9. The second kappa shape index (κ2) is 9.98. The van der Waals surface area contributed by atoms with E-state index in [0.29, 0.717) is 0 Å². The molecule has 0 spiro atoms. The van der Waals surface area contributed by atoms with Crippen molar-refractivity contribution in [1.29, 1.82) is 0 Å². The SMILES string of the molecule is C=C(SC(C)CC(=O)Nc1c(F)cccc1F)C(=O)NCc1ccc(F)cc1. The number of thioether (sulfide) groups is 1. The first-order chi connectivity index (χ1) is 13.3. The Morgan fingerprint density at radius 3 is 2.29 bits per heavy atom. The molecule has 0 saturated heterocycles. The van der Waals surface area contributed by atoms with Gasteiger partial charge in [-0.3, -0.25) is 9.59 Å². The normalized spacial score (nSPS) is 11.6. The Labute approximate surface area is 165 Å². The lowest BCUT2D eigenvalue weighted by Gasteiger charge is -2.14. The summed E-state index contributed by atoms with van der Waals surface area (Å²) in [6.45, 7) is 5.58. The largest absolute Gasteiger partial charge is 0.348 e. The standard InChI is InChI=1S/C20H19F3N2O2S/c1-12(10-18(26)25-19-16(22)4-3-5-17(19)23)28-13(2)20(27)24-11-14-6-8-15(21)9-7-14/h3-9,12H,2,10-11H2,1H3,(H,24,27)(H,25,26). The molecular weight excluding hydrogens is 389 g/mol. The monoisotopic (exact) mass is 408 g/mol. The summed E-state index contributed by atoms with van der Waals surface area (Å²) in [5.41, 5.74) is 0.229. The first-order valence-electron chi connectivity index (χ1n) is 8.38. The van der Waals surface area contributed by atoms with Crippen LogP contribution in [0.25, 0.3) is 0 Å². The first-order valence-corrected chi connectivity index (χ1v) is 9.26. The molecule has 0 bridgehead atoms. The van der Waals surface area contributed by atoms with Crippen LogP contribution < -0.4 is 10.6 Å². The zero-order valence-electron chi connectivity index (χ0n) is 15.1. The van der Waals surface area contributed by atoms with Crippen LogP contribution in [0.15, 0.2) is 53.9 Å². The maximum absolute atomic E-state index is 13.6. The van der Waals surface area contributed by atoms with Gasteiger partial charge in [-0.1, -0.05) is 31.7 Å². The molecule has 4 nitrogen and oxygen atoms in total. The van der Waals surface area contributed by atoms with Crippen molar-refractivity contribution in [3.05, 3.63) is 77.0 Å². The highest BCUT2D eigenvalue weighted by atomic mass is 32.2. The van der Waals surface area contributed by atoms with E-state index in [1.54, 1.807) is 19.1 Å². The second-order valence-electron chi connectivity index (χ2n) is 6.01. The molecule has 8 heteroatoms. The van der Waals surface area contributed by atoms with Crippen LogP contribution in [0, 0.1) is 17.5 Å². The average Bonchev–Trinajstić information content (AvgIpc) is 2.64. The fourth-order valence-corrected chi connectivity index (χ4v) is 3.19. The van der Waals surface area contributed by atoms with Gasteiger partial charge in [0.1, 0.15) is 23.1 Å². The molecule has 0 aliphatic carbocycles. The Morgan fingerprint density at radius 1 is 1.07 bits per heavy atom. The van der Waals surface area contributed by atoms with Gasteiger partial charge in [-0.25, -0.2) is 13.2 Å². The quantitative estimate of drug-likeness (QED) is 0.637. The van der Waals surface area contributed by atoms with E-state index in [1.165, 1.54) is 18.2 Å². The summed E-state index contributed by atoms with van der Waals surface area (Å²) in [4.78, 5) is 24.3. The fourth-order valence-electron chi connectivity index (χ4n) is 2.29. The molecule has 0 aliphatic heterocycles. The van der Waals surface area contributed by atoms with Gasteiger partial charge in [0.25, 0.3) is 5.91 Å². The van der Waals surface area contributed by atoms with Crippen LogP contribution in [0.2, 0.25) is 0 Å². The highest BCUT2D eigenvalue weighted by molar-refractivity contribution is 8.04. The number of carbonyl (C=O) groups is 2. The highest BCUT2D eigenvalue weighted by Gasteiger charge is 2.17. The van der Waals surface area contributed by atoms with Gasteiger partial charge in [-0.15, -0.1) is 11.8 Å². The summed E-state index contributed by atoms with van der Waals surface area (Å²) in [6, 6.07) is 9.00. The lowest BCUT2D eigenvalue weighted by atomic mass is 10.2. The molecule has 0 radical (unpaired) electrons. The minimum Gasteiger partial charge on any atom is -0.348 e. The van der Waals surface area contributed by atoms with Crippen molar-refractivity contribution in [3.63, 3.8) is 0 Å². The van der Waals surface area contributed by atoms with E-state index in [9.17, 15) is 22.8 Å². The maximum atomic E-state index is 13.6. The van der Waals surface area contributed by atoms with Gasteiger partial charge in [0.05, 0.1) is 4.91 Å². The molecule has 0 saturated carbocycles. The van der Waals surface area contributed by atoms with Crippen LogP contribution in [0.3, 0.4) is 0 Å². The van der Waals surface area contributed by atoms with Crippen LogP contribution in [-0.4, -0.2) is 17.1 Å². The molecule has 28 heavy (non-hydrogen) atoms. The summed E-state index contributed by atoms with van der Waals surface area (Å²) in [6.07, 6.45) is -0.0668. The number of nitrogens with one attached hydrogen (secondary N) is 2. The lowest BCUT2D eigenvalue weighted by Crippen LogP contribution is -2.24. The van der Waals surface area contributed by atoms with Crippen molar-refractivity contribution in [2.75, 3.05) is 5.32 Å². The van der Waals surface area contributed by atoms with E-state index in [1.807, 2.05) is 0 Å². The molecule has 2 aromatic carbocycles. The minimum atomic E-state index is -0.863. The number of amides is 2. The van der Waals surface area contributed by atoms with Crippen LogP contribution in [-0.2, 0) is 16.1 Å². The average molecular weight is 408 g/mol. The molecule has 0 aliphatic rings. The molecule has 2 aromatic rings. The van der Waals surface area contributed by atoms with E-state index in [4.69, 9.17) is 0 Å². The van der Waals surface area contributed by atoms with Crippen molar-refractivity contribution in [3.8, 4) is 0 Å². The van der Waals surface area contributed by atoms with E-state index in [2.05, 4.69) is 17.2 Å². The van der Waals surface area contributed by atoms with E-state index < -0.39 is 29.1 Å². The summed E-state index contributed by atoms with van der Waals surface area (Å²) in [5, 5.41) is 4.50. The topological polar surface area (TPSA) is 58.2 Å². The molecule has 1 atom stereocenters. The van der Waals surface area contributed by atoms with Crippen molar-refractivity contribution in [2.24, 2.45) is 0 Å². The summed E-state index contributed by atoms with van der Waals surface area (Å²) >= 11 is 1.08. The minimum absolute atomic E-state index is 0.0668. The summed E-state index contributed by atoms with van der Waals surface area (Å²) in [5.74, 6) is -3.08. The van der Waals surface area contributed by atoms with Gasteiger partial charge in [0.2, 0.25) is 5.91 Å². The molecule has 0 fully saturated rings. The second-order valence-corrected chi connectivity index (χ2v) is 7.54. The molecule has 1 unspecified atom stereocenters. The molecule has 0 aromatic heterocycles. The van der Waals surface area contributed by atoms with Crippen LogP contribution in [0.5, 0.6) is 0 Å². The van der Waals surface area contributed by atoms with Crippen LogP contribution in [0.4, 0.5) is 18.9 Å². The van der Waals surface area contributed by atoms with Crippen molar-refractivity contribution in [1.82, 2.24) is 5.32 Å². The van der Waals surface area contributed by atoms with E-state index in [0.717, 1.165) is 29.5 Å². The van der Waals surface area contributed by atoms with Gasteiger partial charge in [-0.2, -0.15) is 0 Å². The molecule has 2 rings (SSSR count). The number of hydrogen-bond donors (Lipinski definition) is 2. The summed E-state index contributed by atoms with van der Waals surface area (Å²) < 4.78 is 40.0. The van der Waals surface area contributed by atoms with Gasteiger partial charge in [0, 0.05) is 18.2 Å². The zero-order chi connectivity index (χ0) is 20.7. The molecular formula is C20H19F3N2O2S. The Bertz CT molecular complexity index is 852. The van der Waals surface area contributed by atoms with Gasteiger partial charge in [0.15, 0.2) is 0 Å². The van der Waals surface area contributed by atoms with Crippen molar-refractivity contribution in [2.45, 2.75) is 25.1 Å². The van der Waals surface area contributed by atoms with Gasteiger partial charge < -0.3 is 10.6 Å². The third kappa shape index (κ3) is 6.45. The molecule has 0 heterocycles. The predicted molar refractivity (Wildman–Crippen MR) is 104 cm³/mol. The molecule has 2 N–H and O–H groups in total. The van der Waals surface area contributed by atoms with Gasteiger partial charge in [-0.05, 0) is 29.8 Å². The lowest BCUT2D eigenvalue weighted by molar-refractivity contribution is -0.117. The third-order valence-electron chi connectivity index (χ3n) is 3.66. The number of halogens is 3. The number of hydrogen-bond acceptors (Lipinski definition) is 3. The third-order valence-corrected chi connectivity index (χ3v) is 4.70. The Kier molecular flexibility index (Phi) is 7.69. The number of rotatable bonds is 8. The maximum Gasteiger partial charge on any atom is 0.257 e. The van der Waals surface area contributed by atoms with Crippen molar-refractivity contribution >= 4 is 29.3 Å². The highest BCUT2D eigenvalue weighted by Crippen LogP contribution is 2.24. The molecule has 2 amide bonds. The number of benzene rings is 2. The van der Waals surface area contributed by atoms with Crippen LogP contribution in [0.1, 0.15) is 18.9 Å².